The van der Waals surface area contributed by atoms with Crippen LogP contribution in [0.3, 0.4) is 0 Å². The average Bonchev–Trinajstić information content (AvgIpc) is 3.49. The highest BCUT2D eigenvalue weighted by atomic mass is 32.2. The molecule has 8 nitrogen and oxygen atoms in total. The summed E-state index contributed by atoms with van der Waals surface area (Å²) in [5.74, 6) is 0.108. The van der Waals surface area contributed by atoms with Gasteiger partial charge in [0, 0.05) is 29.8 Å². The number of rotatable bonds is 7. The molecule has 164 valence electrons. The van der Waals surface area contributed by atoms with Gasteiger partial charge in [0.1, 0.15) is 11.8 Å². The first kappa shape index (κ1) is 21.5. The van der Waals surface area contributed by atoms with Crippen LogP contribution in [-0.4, -0.2) is 29.1 Å². The monoisotopic (exact) mass is 461 g/mol. The van der Waals surface area contributed by atoms with Crippen molar-refractivity contribution in [2.45, 2.75) is 55.2 Å². The van der Waals surface area contributed by atoms with Crippen molar-refractivity contribution in [3.05, 3.63) is 63.9 Å². The van der Waals surface area contributed by atoms with Gasteiger partial charge in [0.05, 0.1) is 16.4 Å². The number of sulfone groups is 1. The second-order valence-corrected chi connectivity index (χ2v) is 10.7. The minimum absolute atomic E-state index is 0.0234. The number of anilines is 1. The van der Waals surface area contributed by atoms with Crippen molar-refractivity contribution in [3.8, 4) is 0 Å². The maximum absolute atomic E-state index is 13.1. The lowest BCUT2D eigenvalue weighted by Crippen LogP contribution is -2.36. The summed E-state index contributed by atoms with van der Waals surface area (Å²) in [6, 6.07) is 5.12. The minimum atomic E-state index is -3.58. The lowest BCUT2D eigenvalue weighted by atomic mass is 10.1. The molecule has 1 aliphatic carbocycles. The van der Waals surface area contributed by atoms with Crippen LogP contribution in [0.4, 0.5) is 5.13 Å². The largest absolute Gasteiger partial charge is 0.469 e. The fraction of sp³-hybridized carbons (Fsp3) is 0.381. The summed E-state index contributed by atoms with van der Waals surface area (Å²) >= 11 is 1.27. The molecule has 0 saturated heterocycles. The van der Waals surface area contributed by atoms with E-state index in [1.54, 1.807) is 30.6 Å². The first-order valence-corrected chi connectivity index (χ1v) is 12.5. The third kappa shape index (κ3) is 4.49. The van der Waals surface area contributed by atoms with Gasteiger partial charge < -0.3 is 9.73 Å². The number of aromatic nitrogens is 2. The lowest BCUT2D eigenvalue weighted by molar-refractivity contribution is -0.119. The van der Waals surface area contributed by atoms with E-state index in [-0.39, 0.29) is 11.3 Å². The van der Waals surface area contributed by atoms with E-state index in [1.165, 1.54) is 28.2 Å². The van der Waals surface area contributed by atoms with E-state index in [0.717, 1.165) is 18.9 Å². The zero-order valence-corrected chi connectivity index (χ0v) is 18.6. The first-order chi connectivity index (χ1) is 14.9. The smallest absolute Gasteiger partial charge is 0.252 e. The molecule has 0 spiro atoms. The lowest BCUT2D eigenvalue weighted by Gasteiger charge is -2.21. The minimum Gasteiger partial charge on any atom is -0.469 e. The Kier molecular flexibility index (Phi) is 6.10. The number of nitrogens with zero attached hydrogens (tertiary/aromatic N) is 2. The summed E-state index contributed by atoms with van der Waals surface area (Å²) < 4.78 is 32.7. The van der Waals surface area contributed by atoms with Crippen molar-refractivity contribution in [2.24, 2.45) is 0 Å². The molecule has 1 atom stereocenters. The number of furan rings is 1. The van der Waals surface area contributed by atoms with E-state index in [9.17, 15) is 18.0 Å². The van der Waals surface area contributed by atoms with Crippen molar-refractivity contribution < 1.29 is 17.6 Å². The molecule has 10 heteroatoms. The predicted octanol–water partition coefficient (Wildman–Crippen LogP) is 3.35. The molecule has 1 N–H and O–H groups in total. The van der Waals surface area contributed by atoms with E-state index in [2.05, 4.69) is 10.3 Å². The molecule has 0 bridgehead atoms. The van der Waals surface area contributed by atoms with Crippen molar-refractivity contribution in [1.29, 1.82) is 0 Å². The maximum atomic E-state index is 13.1. The van der Waals surface area contributed by atoms with Crippen LogP contribution >= 0.6 is 11.3 Å². The predicted molar refractivity (Wildman–Crippen MR) is 117 cm³/mol. The van der Waals surface area contributed by atoms with Crippen LogP contribution < -0.4 is 10.9 Å². The number of amides is 1. The molecule has 0 radical (unpaired) electrons. The molecule has 0 aliphatic heterocycles. The van der Waals surface area contributed by atoms with Gasteiger partial charge in [-0.2, -0.15) is 0 Å². The number of nitrogens with one attached hydrogen (secondary N) is 1. The molecule has 4 rings (SSSR count). The van der Waals surface area contributed by atoms with Crippen LogP contribution in [0.1, 0.15) is 43.2 Å². The Morgan fingerprint density at radius 3 is 2.74 bits per heavy atom. The van der Waals surface area contributed by atoms with Crippen LogP contribution in [0.25, 0.3) is 0 Å². The van der Waals surface area contributed by atoms with E-state index in [1.807, 2.05) is 0 Å². The average molecular weight is 462 g/mol. The van der Waals surface area contributed by atoms with E-state index < -0.39 is 32.6 Å². The normalized spacial score (nSPS) is 15.8. The Hall–Kier alpha value is -2.72. The summed E-state index contributed by atoms with van der Waals surface area (Å²) in [7, 11) is -3.58. The summed E-state index contributed by atoms with van der Waals surface area (Å²) in [5.41, 5.74) is -0.141. The number of carbonyl (C=O) groups excluding carboxylic acids is 1. The van der Waals surface area contributed by atoms with Gasteiger partial charge in [0.15, 0.2) is 15.0 Å². The summed E-state index contributed by atoms with van der Waals surface area (Å²) in [6.07, 6.45) is 6.19. The molecule has 1 amide bonds. The molecular weight excluding hydrogens is 438 g/mol. The molecule has 3 aromatic heterocycles. The van der Waals surface area contributed by atoms with Gasteiger partial charge in [-0.05, 0) is 38.0 Å². The van der Waals surface area contributed by atoms with Gasteiger partial charge in [0.25, 0.3) is 5.56 Å². The van der Waals surface area contributed by atoms with E-state index in [0.29, 0.717) is 29.4 Å². The second kappa shape index (κ2) is 8.80. The first-order valence-electron chi connectivity index (χ1n) is 10.1. The van der Waals surface area contributed by atoms with Crippen LogP contribution in [0.15, 0.2) is 56.2 Å². The molecule has 1 aliphatic rings. The highest BCUT2D eigenvalue weighted by Crippen LogP contribution is 2.30. The molecule has 0 aromatic carbocycles. The number of hydrogen-bond donors (Lipinski definition) is 1. The van der Waals surface area contributed by atoms with Gasteiger partial charge in [-0.25, -0.2) is 13.4 Å². The van der Waals surface area contributed by atoms with Crippen molar-refractivity contribution in [2.75, 3.05) is 5.32 Å². The third-order valence-electron chi connectivity index (χ3n) is 5.56. The molecule has 1 unspecified atom stereocenters. The summed E-state index contributed by atoms with van der Waals surface area (Å²) in [6.45, 7) is 1.64. The Morgan fingerprint density at radius 2 is 2.13 bits per heavy atom. The van der Waals surface area contributed by atoms with Crippen molar-refractivity contribution >= 4 is 32.2 Å². The van der Waals surface area contributed by atoms with Gasteiger partial charge >= 0.3 is 0 Å². The van der Waals surface area contributed by atoms with Crippen molar-refractivity contribution in [3.63, 3.8) is 0 Å². The molecule has 31 heavy (non-hydrogen) atoms. The summed E-state index contributed by atoms with van der Waals surface area (Å²) in [5, 5.41) is 4.43. The molecule has 1 fully saturated rings. The van der Waals surface area contributed by atoms with Crippen LogP contribution in [0.5, 0.6) is 0 Å². The second-order valence-electron chi connectivity index (χ2n) is 7.62. The number of thiazole rings is 1. The topological polar surface area (TPSA) is 111 Å². The maximum Gasteiger partial charge on any atom is 0.252 e. The van der Waals surface area contributed by atoms with Crippen LogP contribution in [-0.2, 0) is 21.1 Å². The van der Waals surface area contributed by atoms with Gasteiger partial charge in [-0.15, -0.1) is 11.3 Å². The van der Waals surface area contributed by atoms with Gasteiger partial charge in [-0.3, -0.25) is 14.2 Å². The fourth-order valence-electron chi connectivity index (χ4n) is 4.03. The van der Waals surface area contributed by atoms with Crippen LogP contribution in [0, 0.1) is 6.92 Å². The number of pyridine rings is 1. The Balaban J connectivity index is 1.72. The standard InChI is InChI=1S/C21H23N3O5S2/c1-14-11-17(31(27,28)16-6-2-3-7-16)13-19(25)24(14)18(12-15-5-4-9-29-15)20(26)23-21-22-8-10-30-21/h4-5,8-11,13,16,18H,2-3,6-7,12H2,1H3,(H,22,23,26). The quantitative estimate of drug-likeness (QED) is 0.578. The van der Waals surface area contributed by atoms with E-state index in [4.69, 9.17) is 4.42 Å². The number of aryl methyl sites for hydroxylation is 1. The van der Waals surface area contributed by atoms with Crippen molar-refractivity contribution in [1.82, 2.24) is 9.55 Å². The molecule has 3 aromatic rings. The summed E-state index contributed by atoms with van der Waals surface area (Å²) in [4.78, 5) is 30.2. The third-order valence-corrected chi connectivity index (χ3v) is 8.49. The molecular formula is C21H23N3O5S2. The molecule has 1 saturated carbocycles. The van der Waals surface area contributed by atoms with Crippen LogP contribution in [0.2, 0.25) is 0 Å². The van der Waals surface area contributed by atoms with Gasteiger partial charge in [0.2, 0.25) is 5.91 Å². The van der Waals surface area contributed by atoms with E-state index >= 15 is 0 Å². The Labute approximate surface area is 183 Å². The van der Waals surface area contributed by atoms with Gasteiger partial charge in [-0.1, -0.05) is 12.8 Å². The highest BCUT2D eigenvalue weighted by Gasteiger charge is 2.32. The number of carbonyl (C=O) groups is 1. The Bertz CT molecular complexity index is 1210. The zero-order valence-electron chi connectivity index (χ0n) is 17.0. The Morgan fingerprint density at radius 1 is 1.35 bits per heavy atom. The zero-order chi connectivity index (χ0) is 22.0. The highest BCUT2D eigenvalue weighted by molar-refractivity contribution is 7.92. The number of hydrogen-bond acceptors (Lipinski definition) is 7. The molecule has 3 heterocycles. The fourth-order valence-corrected chi connectivity index (χ4v) is 6.50. The SMILES string of the molecule is Cc1cc(S(=O)(=O)C2CCCC2)cc(=O)n1C(Cc1ccco1)C(=O)Nc1nccs1.